The molecule has 5 aliphatic rings. The Morgan fingerprint density at radius 2 is 0.769 bits per heavy atom. The molecule has 0 saturated carbocycles. The summed E-state index contributed by atoms with van der Waals surface area (Å²) in [6.45, 7) is 13.5. The number of aromatic hydroxyl groups is 2. The van der Waals surface area contributed by atoms with Gasteiger partial charge in [0.2, 0.25) is 5.95 Å². The van der Waals surface area contributed by atoms with Crippen molar-refractivity contribution < 1.29 is 75.8 Å². The molecule has 7 N–H and O–H groups in total. The highest BCUT2D eigenvalue weighted by Gasteiger charge is 2.28. The molecule has 0 radical (unpaired) electrons. The average molecular weight is 1940 g/mol. The van der Waals surface area contributed by atoms with E-state index in [1.807, 2.05) is 188 Å². The lowest BCUT2D eigenvalue weighted by Crippen LogP contribution is -2.15. The number of aryl methyl sites for hydroxylation is 4. The van der Waals surface area contributed by atoms with E-state index in [2.05, 4.69) is 88.5 Å². The van der Waals surface area contributed by atoms with Gasteiger partial charge in [-0.1, -0.05) is 48.0 Å². The highest BCUT2D eigenvalue weighted by atomic mass is 35.5. The highest BCUT2D eigenvalue weighted by Crippen LogP contribution is 2.47. The van der Waals surface area contributed by atoms with Crippen molar-refractivity contribution in [2.24, 2.45) is 0 Å². The largest absolute Gasteiger partial charge is 0.508 e. The van der Waals surface area contributed by atoms with Crippen LogP contribution in [0.5, 0.6) is 80.5 Å². The van der Waals surface area contributed by atoms with Crippen LogP contribution < -0.4 is 83.4 Å². The number of pyridine rings is 3. The molecule has 0 amide bonds. The van der Waals surface area contributed by atoms with Crippen molar-refractivity contribution in [2.45, 2.75) is 27.7 Å². The first kappa shape index (κ1) is 91.2. The van der Waals surface area contributed by atoms with Gasteiger partial charge in [0.1, 0.15) is 152 Å². The third-order valence-corrected chi connectivity index (χ3v) is 23.9. The Balaban J connectivity index is 0.000000106. The maximum atomic E-state index is 14.7. The number of ether oxygens (including phenoxy) is 12. The van der Waals surface area contributed by atoms with Gasteiger partial charge in [0.25, 0.3) is 0 Å². The van der Waals surface area contributed by atoms with Gasteiger partial charge in [-0.2, -0.15) is 4.39 Å². The molecule has 0 bridgehead atoms. The average Bonchev–Trinajstić information content (AvgIpc) is 1.63. The summed E-state index contributed by atoms with van der Waals surface area (Å²) in [7, 11) is 3.10. The standard InChI is InChI=1S/C23H21N3O4.C22H20N4O2.C22H19N3O4.C21H16ClFN4O2.C19H14FN5O2/c1-14-3-8-21-25-22(15-4-6-17(27)19(11-15)28-2)23(26(21)13-14)24-16-5-7-18-20(12-16)30-10-9-29-18;1-14-4-3-5-15(2)20(14)21-22(26-9-8-23-13-19(26)25-21)24-16-6-7-17-18(12-16)28-11-10-27-17;1-27-18-13-15(26)6-7-16(18)21-22(25-9-3-2-4-20(25)24-21)23-14-5-8-17-19(12-14)29-11-10-28-17;1-12-11-27-18(10-24-12)26-20(19-14(22)3-2-4-15(19)23)21(27)25-13-5-6-16-17(9-13)29-8-7-28-16;20-16-9-12(3-4-22-16)18-19(25-6-5-21-11-17(25)24-18)23-13-1-2-14-15(10-13)27-8-7-26-14/h3-8,11-13,24,27H,9-10H2,1-2H3;3-9,12-13,24H,10-11H2,1-2H3;2-9,12-13,23,26H,10-11H2,1H3;2-6,9-11,25H,7-8H2,1H3;1-6,9-11,23H,7-8H2. The molecule has 0 fully saturated rings. The monoisotopic (exact) mass is 1940 g/mol. The van der Waals surface area contributed by atoms with E-state index >= 15 is 0 Å². The molecule has 718 valence electrons. The first-order valence-electron chi connectivity index (χ1n) is 45.6. The van der Waals surface area contributed by atoms with Crippen LogP contribution in [0.1, 0.15) is 22.4 Å². The van der Waals surface area contributed by atoms with Crippen molar-refractivity contribution >= 4 is 97.4 Å². The molecule has 25 rings (SSSR count). The lowest BCUT2D eigenvalue weighted by atomic mass is 10.00. The van der Waals surface area contributed by atoms with Crippen molar-refractivity contribution in [3.05, 3.63) is 314 Å². The second kappa shape index (κ2) is 40.0. The van der Waals surface area contributed by atoms with Gasteiger partial charge >= 0.3 is 0 Å². The molecule has 33 nitrogen and oxygen atoms in total. The zero-order valence-electron chi connectivity index (χ0n) is 77.7. The molecular formula is C107H90ClF2N19O14. The predicted octanol–water partition coefficient (Wildman–Crippen LogP) is 21.8. The Hall–Kier alpha value is -18.3. The first-order valence-corrected chi connectivity index (χ1v) is 46.0. The summed E-state index contributed by atoms with van der Waals surface area (Å²) in [6, 6.07) is 62.5. The second-order valence-electron chi connectivity index (χ2n) is 33.2. The lowest BCUT2D eigenvalue weighted by Gasteiger charge is -2.19. The van der Waals surface area contributed by atoms with Crippen molar-refractivity contribution in [1.29, 1.82) is 0 Å². The molecule has 0 atom stereocenters. The van der Waals surface area contributed by atoms with E-state index in [0.717, 1.165) is 125 Å². The van der Waals surface area contributed by atoms with Crippen LogP contribution in [0.4, 0.5) is 66.3 Å². The number of phenolic OH excluding ortho intramolecular Hbond substituents is 2. The zero-order valence-corrected chi connectivity index (χ0v) is 78.5. The maximum Gasteiger partial charge on any atom is 0.213 e. The summed E-state index contributed by atoms with van der Waals surface area (Å²) in [5.41, 5.74) is 19.0. The van der Waals surface area contributed by atoms with Crippen molar-refractivity contribution in [3.63, 3.8) is 0 Å². The van der Waals surface area contributed by atoms with E-state index in [-0.39, 0.29) is 22.1 Å². The maximum absolute atomic E-state index is 14.7. The fraction of sp³-hybridized carbons (Fsp3) is 0.150. The number of nitrogens with zero attached hydrogens (tertiary/aromatic N) is 14. The molecule has 0 spiro atoms. The number of nitrogens with one attached hydrogen (secondary N) is 5. The SMILES string of the molecule is COc1cc(-c2nc3ccc(C)cn3c2Nc2ccc3c(c2)OCCO3)ccc1O.COc1cc(O)ccc1-c1nc2ccccn2c1Nc1ccc2c(c1)OCCO2.Cc1cccc(C)c1-c1nc2cnccn2c1Nc1ccc2c(c1)OCCO2.Cc1cn2c(Nc3ccc4c(c3)OCCO4)c(-c3c(F)cccc3Cl)nc2cn1.Fc1cc(-c2nc3cnccn3c2Nc2ccc3c(c2)OCCO3)ccn1. The predicted molar refractivity (Wildman–Crippen MR) is 538 cm³/mol. The number of methoxy groups -OCH3 is 2. The number of phenols is 2. The van der Waals surface area contributed by atoms with Crippen molar-refractivity contribution in [2.75, 3.05) is 107 Å². The smallest absolute Gasteiger partial charge is 0.213 e. The van der Waals surface area contributed by atoms with Crippen LogP contribution in [0.15, 0.2) is 274 Å². The van der Waals surface area contributed by atoms with Gasteiger partial charge in [-0.05, 0) is 172 Å². The van der Waals surface area contributed by atoms with Gasteiger partial charge < -0.3 is 93.6 Å². The van der Waals surface area contributed by atoms with Gasteiger partial charge in [0.15, 0.2) is 85.9 Å². The number of rotatable bonds is 17. The fourth-order valence-corrected chi connectivity index (χ4v) is 17.3. The van der Waals surface area contributed by atoms with Crippen LogP contribution in [0.25, 0.3) is 84.5 Å². The lowest BCUT2D eigenvalue weighted by molar-refractivity contribution is 0.171. The summed E-state index contributed by atoms with van der Waals surface area (Å²) in [5.74, 6) is 11.0. The Morgan fingerprint density at radius 3 is 1.28 bits per heavy atom. The Morgan fingerprint density at radius 1 is 0.343 bits per heavy atom. The molecule has 16 heterocycles. The number of fused-ring (bicyclic) bond motifs is 10. The van der Waals surface area contributed by atoms with Gasteiger partial charge in [-0.15, -0.1) is 0 Å². The third-order valence-electron chi connectivity index (χ3n) is 23.6. The molecule has 11 aromatic heterocycles. The number of hydrogen-bond donors (Lipinski definition) is 7. The molecular weight excluding hydrogens is 1850 g/mol. The summed E-state index contributed by atoms with van der Waals surface area (Å²) < 4.78 is 105. The summed E-state index contributed by atoms with van der Waals surface area (Å²) in [5, 5.41) is 37.3. The van der Waals surface area contributed by atoms with E-state index in [1.54, 1.807) is 92.8 Å². The van der Waals surface area contributed by atoms with Gasteiger partial charge in [-0.25, -0.2) is 34.3 Å². The first-order chi connectivity index (χ1) is 69.9. The summed E-state index contributed by atoms with van der Waals surface area (Å²) in [4.78, 5) is 39.9. The van der Waals surface area contributed by atoms with Crippen LogP contribution >= 0.6 is 11.6 Å². The highest BCUT2D eigenvalue weighted by molar-refractivity contribution is 6.33. The topological polar surface area (TPSA) is 349 Å². The van der Waals surface area contributed by atoms with Crippen molar-refractivity contribution in [1.82, 2.24) is 66.9 Å². The van der Waals surface area contributed by atoms with Crippen LogP contribution in [0.2, 0.25) is 5.02 Å². The molecule has 5 aliphatic heterocycles. The minimum atomic E-state index is -0.562. The normalized spacial score (nSPS) is 12.8. The quantitative estimate of drug-likeness (QED) is 0.0416. The minimum Gasteiger partial charge on any atom is -0.508 e. The van der Waals surface area contributed by atoms with E-state index in [9.17, 15) is 19.0 Å². The number of halogens is 3. The van der Waals surface area contributed by atoms with Crippen LogP contribution in [-0.4, -0.2) is 157 Å². The number of imidazole rings is 5. The fourth-order valence-electron chi connectivity index (χ4n) is 17.0. The molecule has 143 heavy (non-hydrogen) atoms. The summed E-state index contributed by atoms with van der Waals surface area (Å²) in [6.07, 6.45) is 19.4. The van der Waals surface area contributed by atoms with E-state index < -0.39 is 11.8 Å². The van der Waals surface area contributed by atoms with Crippen LogP contribution in [0.3, 0.4) is 0 Å². The number of hydrogen-bond acceptors (Lipinski definition) is 28. The number of benzene rings is 9. The van der Waals surface area contributed by atoms with Gasteiger partial charge in [-0.3, -0.25) is 37.0 Å². The second-order valence-corrected chi connectivity index (χ2v) is 33.6. The van der Waals surface area contributed by atoms with Crippen LogP contribution in [-0.2, 0) is 0 Å². The Labute approximate surface area is 820 Å². The van der Waals surface area contributed by atoms with Crippen molar-refractivity contribution in [3.8, 4) is 137 Å². The van der Waals surface area contributed by atoms with E-state index in [1.165, 1.54) is 36.6 Å². The Kier molecular flexibility index (Phi) is 25.5. The van der Waals surface area contributed by atoms with Gasteiger partial charge in [0, 0.05) is 143 Å². The minimum absolute atomic E-state index is 0.0854. The van der Waals surface area contributed by atoms with Crippen LogP contribution in [0, 0.1) is 39.5 Å². The zero-order chi connectivity index (χ0) is 97.7. The molecule has 20 aromatic rings. The van der Waals surface area contributed by atoms with Gasteiger partial charge in [0.05, 0.1) is 49.1 Å². The third kappa shape index (κ3) is 19.2. The molecule has 0 saturated heterocycles. The number of aromatic nitrogens is 14. The van der Waals surface area contributed by atoms with E-state index in [0.29, 0.717) is 158 Å². The molecule has 36 heteroatoms. The molecule has 0 aliphatic carbocycles. The molecule has 9 aromatic carbocycles. The molecule has 0 unspecified atom stereocenters. The van der Waals surface area contributed by atoms with E-state index in [4.69, 9.17) is 83.4 Å². The Bertz CT molecular complexity index is 8180. The summed E-state index contributed by atoms with van der Waals surface area (Å²) >= 11 is 6.32. The number of anilines is 10.